The van der Waals surface area contributed by atoms with E-state index in [1.807, 2.05) is 0 Å². The summed E-state index contributed by atoms with van der Waals surface area (Å²) in [5.74, 6) is 3.68. The first kappa shape index (κ1) is 13.0. The monoisotopic (exact) mass is 260 g/mol. The maximum absolute atomic E-state index is 9.22. The third-order valence-corrected chi connectivity index (χ3v) is 4.92. The molecule has 0 radical (unpaired) electrons. The molecule has 0 spiro atoms. The Morgan fingerprint density at radius 1 is 1.05 bits per heavy atom. The molecule has 2 atom stereocenters. The molecule has 2 aliphatic rings. The maximum atomic E-state index is 9.22. The minimum Gasteiger partial charge on any atom is -0.467 e. The van der Waals surface area contributed by atoms with Crippen LogP contribution >= 0.6 is 0 Å². The number of hydrogen-bond donors (Lipinski definition) is 1. The van der Waals surface area contributed by atoms with E-state index in [1.54, 1.807) is 0 Å². The fraction of sp³-hybridized carbons (Fsp3) is 0.647. The van der Waals surface area contributed by atoms with Crippen molar-refractivity contribution < 1.29 is 9.84 Å². The van der Waals surface area contributed by atoms with Crippen molar-refractivity contribution in [3.8, 4) is 5.75 Å². The number of hydrogen-bond acceptors (Lipinski definition) is 2. The van der Waals surface area contributed by atoms with Gasteiger partial charge in [-0.3, -0.25) is 0 Å². The second-order valence-corrected chi connectivity index (χ2v) is 6.29. The standard InChI is InChI=1S/C17H24O2/c1-11(13-6-7-13)15-4-3-5-16(17(15)19-10-18)12(2)14-8-9-14/h3-5,11-14,18H,6-10H2,1-2H3. The van der Waals surface area contributed by atoms with Crippen molar-refractivity contribution in [2.75, 3.05) is 6.79 Å². The van der Waals surface area contributed by atoms with Gasteiger partial charge in [-0.1, -0.05) is 32.0 Å². The third-order valence-electron chi connectivity index (χ3n) is 4.92. The lowest BCUT2D eigenvalue weighted by Crippen LogP contribution is -2.08. The number of ether oxygens (including phenoxy) is 1. The number of aliphatic hydroxyl groups excluding tert-OH is 1. The third kappa shape index (κ3) is 2.64. The molecular formula is C17H24O2. The van der Waals surface area contributed by atoms with Gasteiger partial charge in [0.15, 0.2) is 6.79 Å². The summed E-state index contributed by atoms with van der Waals surface area (Å²) in [6.45, 7) is 4.37. The number of rotatable bonds is 6. The predicted octanol–water partition coefficient (Wildman–Crippen LogP) is 4.04. The normalized spacial score (nSPS) is 22.1. The lowest BCUT2D eigenvalue weighted by molar-refractivity contribution is 0.0956. The van der Waals surface area contributed by atoms with E-state index in [4.69, 9.17) is 4.74 Å². The van der Waals surface area contributed by atoms with Crippen LogP contribution in [0.25, 0.3) is 0 Å². The summed E-state index contributed by atoms with van der Waals surface area (Å²) in [6.07, 6.45) is 5.34. The molecule has 2 unspecified atom stereocenters. The van der Waals surface area contributed by atoms with Gasteiger partial charge in [-0.15, -0.1) is 0 Å². The zero-order chi connectivity index (χ0) is 13.4. The van der Waals surface area contributed by atoms with Crippen LogP contribution < -0.4 is 4.74 Å². The van der Waals surface area contributed by atoms with Gasteiger partial charge in [0.2, 0.25) is 0 Å². The average molecular weight is 260 g/mol. The van der Waals surface area contributed by atoms with Crippen LogP contribution in [0, 0.1) is 11.8 Å². The van der Waals surface area contributed by atoms with Gasteiger partial charge in [0.25, 0.3) is 0 Å². The Balaban J connectivity index is 1.95. The fourth-order valence-electron chi connectivity index (χ4n) is 3.22. The van der Waals surface area contributed by atoms with Crippen LogP contribution in [0.15, 0.2) is 18.2 Å². The summed E-state index contributed by atoms with van der Waals surface area (Å²) >= 11 is 0. The Hall–Kier alpha value is -1.02. The molecule has 1 aromatic carbocycles. The van der Waals surface area contributed by atoms with E-state index < -0.39 is 0 Å². The van der Waals surface area contributed by atoms with E-state index >= 15 is 0 Å². The van der Waals surface area contributed by atoms with Crippen LogP contribution in [0.5, 0.6) is 5.75 Å². The lowest BCUT2D eigenvalue weighted by atomic mass is 9.88. The molecule has 0 aromatic heterocycles. The van der Waals surface area contributed by atoms with Crippen molar-refractivity contribution in [3.05, 3.63) is 29.3 Å². The Bertz CT molecular complexity index is 410. The molecular weight excluding hydrogens is 236 g/mol. The molecule has 3 rings (SSSR count). The highest BCUT2D eigenvalue weighted by molar-refractivity contribution is 5.46. The molecule has 2 aliphatic carbocycles. The zero-order valence-electron chi connectivity index (χ0n) is 11.9. The van der Waals surface area contributed by atoms with E-state index in [0.29, 0.717) is 11.8 Å². The summed E-state index contributed by atoms with van der Waals surface area (Å²) in [4.78, 5) is 0. The first-order valence-electron chi connectivity index (χ1n) is 7.58. The van der Waals surface area contributed by atoms with E-state index in [0.717, 1.165) is 17.6 Å². The smallest absolute Gasteiger partial charge is 0.186 e. The highest BCUT2D eigenvalue weighted by atomic mass is 16.6. The molecule has 0 saturated heterocycles. The molecule has 0 heterocycles. The molecule has 1 N–H and O–H groups in total. The average Bonchev–Trinajstić information content (AvgIpc) is 3.31. The van der Waals surface area contributed by atoms with Gasteiger partial charge in [0, 0.05) is 0 Å². The highest BCUT2D eigenvalue weighted by Crippen LogP contribution is 2.49. The van der Waals surface area contributed by atoms with Crippen LogP contribution in [0.1, 0.15) is 62.5 Å². The molecule has 2 nitrogen and oxygen atoms in total. The van der Waals surface area contributed by atoms with Crippen LogP contribution in [0.2, 0.25) is 0 Å². The van der Waals surface area contributed by atoms with Crippen molar-refractivity contribution in [3.63, 3.8) is 0 Å². The van der Waals surface area contributed by atoms with Gasteiger partial charge < -0.3 is 9.84 Å². The van der Waals surface area contributed by atoms with Crippen LogP contribution in [0.3, 0.4) is 0 Å². The number of aliphatic hydroxyl groups is 1. The Morgan fingerprint density at radius 2 is 1.53 bits per heavy atom. The van der Waals surface area contributed by atoms with Gasteiger partial charge in [0.05, 0.1) is 0 Å². The van der Waals surface area contributed by atoms with Crippen molar-refractivity contribution in [1.29, 1.82) is 0 Å². The summed E-state index contributed by atoms with van der Waals surface area (Å²) < 4.78 is 5.62. The minimum absolute atomic E-state index is 0.223. The fourth-order valence-corrected chi connectivity index (χ4v) is 3.22. The van der Waals surface area contributed by atoms with Crippen molar-refractivity contribution in [2.45, 2.75) is 51.4 Å². The van der Waals surface area contributed by atoms with E-state index in [2.05, 4.69) is 32.0 Å². The molecule has 0 aliphatic heterocycles. The van der Waals surface area contributed by atoms with E-state index in [-0.39, 0.29) is 6.79 Å². The van der Waals surface area contributed by atoms with Gasteiger partial charge in [-0.2, -0.15) is 0 Å². The Kier molecular flexibility index (Phi) is 3.53. The first-order valence-corrected chi connectivity index (χ1v) is 7.58. The van der Waals surface area contributed by atoms with E-state index in [9.17, 15) is 5.11 Å². The Labute approximate surface area is 115 Å². The van der Waals surface area contributed by atoms with Crippen molar-refractivity contribution >= 4 is 0 Å². The van der Waals surface area contributed by atoms with Gasteiger partial charge in [-0.05, 0) is 60.5 Å². The molecule has 19 heavy (non-hydrogen) atoms. The minimum atomic E-state index is -0.223. The van der Waals surface area contributed by atoms with Crippen LogP contribution in [-0.2, 0) is 0 Å². The SMILES string of the molecule is CC(c1cccc(C(C)C2CC2)c1OCO)C1CC1. The van der Waals surface area contributed by atoms with Crippen molar-refractivity contribution in [1.82, 2.24) is 0 Å². The number of para-hydroxylation sites is 1. The van der Waals surface area contributed by atoms with E-state index in [1.165, 1.54) is 36.8 Å². The lowest BCUT2D eigenvalue weighted by Gasteiger charge is -2.22. The van der Waals surface area contributed by atoms with Gasteiger partial charge >= 0.3 is 0 Å². The predicted molar refractivity (Wildman–Crippen MR) is 76.4 cm³/mol. The zero-order valence-corrected chi connectivity index (χ0v) is 11.9. The molecule has 0 amide bonds. The van der Waals surface area contributed by atoms with Crippen LogP contribution in [-0.4, -0.2) is 11.9 Å². The molecule has 2 heteroatoms. The summed E-state index contributed by atoms with van der Waals surface area (Å²) in [7, 11) is 0. The summed E-state index contributed by atoms with van der Waals surface area (Å²) in [6, 6.07) is 6.51. The van der Waals surface area contributed by atoms with Crippen LogP contribution in [0.4, 0.5) is 0 Å². The van der Waals surface area contributed by atoms with Gasteiger partial charge in [-0.25, -0.2) is 0 Å². The maximum Gasteiger partial charge on any atom is 0.186 e. The summed E-state index contributed by atoms with van der Waals surface area (Å²) in [5.41, 5.74) is 2.59. The molecule has 2 saturated carbocycles. The second kappa shape index (κ2) is 5.16. The van der Waals surface area contributed by atoms with Crippen molar-refractivity contribution in [2.24, 2.45) is 11.8 Å². The summed E-state index contributed by atoms with van der Waals surface area (Å²) in [5, 5.41) is 9.22. The molecule has 1 aromatic rings. The largest absolute Gasteiger partial charge is 0.467 e. The Morgan fingerprint density at radius 3 is 1.89 bits per heavy atom. The first-order chi connectivity index (χ1) is 9.22. The topological polar surface area (TPSA) is 29.5 Å². The van der Waals surface area contributed by atoms with Gasteiger partial charge in [0.1, 0.15) is 5.75 Å². The highest BCUT2D eigenvalue weighted by Gasteiger charge is 2.34. The second-order valence-electron chi connectivity index (χ2n) is 6.29. The molecule has 2 fully saturated rings. The molecule has 104 valence electrons. The molecule has 0 bridgehead atoms. The quantitative estimate of drug-likeness (QED) is 0.782. The number of benzene rings is 1.